The Morgan fingerprint density at radius 2 is 1.89 bits per heavy atom. The van der Waals surface area contributed by atoms with E-state index in [2.05, 4.69) is 10.0 Å². The summed E-state index contributed by atoms with van der Waals surface area (Å²) in [4.78, 5) is 12.3. The van der Waals surface area contributed by atoms with Crippen molar-refractivity contribution >= 4 is 15.9 Å². The van der Waals surface area contributed by atoms with E-state index < -0.39 is 10.0 Å². The first-order chi connectivity index (χ1) is 13.2. The van der Waals surface area contributed by atoms with Gasteiger partial charge < -0.3 is 10.1 Å². The Morgan fingerprint density at radius 1 is 1.21 bits per heavy atom. The molecule has 28 heavy (non-hydrogen) atoms. The molecule has 0 radical (unpaired) electrons. The minimum absolute atomic E-state index is 0.0352. The van der Waals surface area contributed by atoms with Crippen LogP contribution >= 0.6 is 0 Å². The van der Waals surface area contributed by atoms with Gasteiger partial charge in [0.25, 0.3) is 5.91 Å². The zero-order chi connectivity index (χ0) is 20.3. The van der Waals surface area contributed by atoms with Gasteiger partial charge in [0.1, 0.15) is 11.6 Å². The van der Waals surface area contributed by atoms with Crippen LogP contribution in [0.1, 0.15) is 36.9 Å². The molecule has 0 aromatic heterocycles. The first-order valence-corrected chi connectivity index (χ1v) is 10.5. The lowest BCUT2D eigenvalue weighted by molar-refractivity contribution is -0.123. The van der Waals surface area contributed by atoms with E-state index in [1.54, 1.807) is 32.0 Å². The minimum Gasteiger partial charge on any atom is -0.484 e. The van der Waals surface area contributed by atoms with Crippen LogP contribution in [0.25, 0.3) is 0 Å². The molecule has 1 aliphatic carbocycles. The first kappa shape index (κ1) is 20.3. The molecular formula is C20H23FN2O4S. The third-order valence-corrected chi connectivity index (χ3v) is 5.98. The lowest BCUT2D eigenvalue weighted by Gasteiger charge is -2.15. The van der Waals surface area contributed by atoms with E-state index in [9.17, 15) is 17.6 Å². The van der Waals surface area contributed by atoms with Gasteiger partial charge in [-0.25, -0.2) is 17.5 Å². The molecule has 2 aromatic carbocycles. The molecule has 0 spiro atoms. The van der Waals surface area contributed by atoms with Gasteiger partial charge in [-0.05, 0) is 68.1 Å². The summed E-state index contributed by atoms with van der Waals surface area (Å²) in [6.07, 6.45) is 1.73. The maximum Gasteiger partial charge on any atom is 0.258 e. The van der Waals surface area contributed by atoms with E-state index >= 15 is 0 Å². The fourth-order valence-corrected chi connectivity index (χ4v) is 4.09. The van der Waals surface area contributed by atoms with Gasteiger partial charge in [0.15, 0.2) is 6.61 Å². The number of halogens is 1. The van der Waals surface area contributed by atoms with Crippen molar-refractivity contribution in [1.29, 1.82) is 0 Å². The van der Waals surface area contributed by atoms with Gasteiger partial charge in [0, 0.05) is 6.04 Å². The largest absolute Gasteiger partial charge is 0.484 e. The predicted octanol–water partition coefficient (Wildman–Crippen LogP) is 2.83. The Kier molecular flexibility index (Phi) is 6.00. The Morgan fingerprint density at radius 3 is 2.50 bits per heavy atom. The Hall–Kier alpha value is -2.45. The standard InChI is InChI=1S/C20H23FN2O4S/c1-13-11-18(28(25,26)23-17-7-8-17)9-10-19(13)27-12-20(24)22-14(2)15-3-5-16(21)6-4-15/h3-6,9-11,14,17,23H,7-8,12H2,1-2H3,(H,22,24)/t14-/m1/s1. The molecule has 0 saturated heterocycles. The van der Waals surface area contributed by atoms with E-state index in [4.69, 9.17) is 4.74 Å². The van der Waals surface area contributed by atoms with Crippen molar-refractivity contribution in [2.24, 2.45) is 0 Å². The molecule has 0 bridgehead atoms. The number of rotatable bonds is 8. The predicted molar refractivity (Wildman–Crippen MR) is 103 cm³/mol. The van der Waals surface area contributed by atoms with E-state index in [0.29, 0.717) is 11.3 Å². The molecule has 1 amide bonds. The molecular weight excluding hydrogens is 383 g/mol. The van der Waals surface area contributed by atoms with Crippen LogP contribution < -0.4 is 14.8 Å². The van der Waals surface area contributed by atoms with Gasteiger partial charge in [0.05, 0.1) is 10.9 Å². The maximum absolute atomic E-state index is 13.0. The van der Waals surface area contributed by atoms with Crippen molar-refractivity contribution in [1.82, 2.24) is 10.0 Å². The van der Waals surface area contributed by atoms with Gasteiger partial charge >= 0.3 is 0 Å². The molecule has 6 nitrogen and oxygen atoms in total. The number of hydrogen-bond acceptors (Lipinski definition) is 4. The molecule has 2 N–H and O–H groups in total. The summed E-state index contributed by atoms with van der Waals surface area (Å²) in [5, 5.41) is 2.78. The van der Waals surface area contributed by atoms with Gasteiger partial charge in [-0.3, -0.25) is 4.79 Å². The molecule has 3 rings (SSSR count). The zero-order valence-electron chi connectivity index (χ0n) is 15.7. The lowest BCUT2D eigenvalue weighted by Crippen LogP contribution is -2.31. The summed E-state index contributed by atoms with van der Waals surface area (Å²) >= 11 is 0. The molecule has 0 unspecified atom stereocenters. The van der Waals surface area contributed by atoms with Crippen LogP contribution in [0.2, 0.25) is 0 Å². The Bertz CT molecular complexity index is 957. The van der Waals surface area contributed by atoms with Gasteiger partial charge in [0.2, 0.25) is 10.0 Å². The molecule has 8 heteroatoms. The SMILES string of the molecule is Cc1cc(S(=O)(=O)NC2CC2)ccc1OCC(=O)N[C@H](C)c1ccc(F)cc1. The average Bonchev–Trinajstić information content (AvgIpc) is 3.44. The van der Waals surface area contributed by atoms with Crippen molar-refractivity contribution in [3.63, 3.8) is 0 Å². The first-order valence-electron chi connectivity index (χ1n) is 9.05. The molecule has 1 aliphatic rings. The summed E-state index contributed by atoms with van der Waals surface area (Å²) in [7, 11) is -3.53. The van der Waals surface area contributed by atoms with E-state index in [1.165, 1.54) is 24.3 Å². The molecule has 1 saturated carbocycles. The summed E-state index contributed by atoms with van der Waals surface area (Å²) in [6, 6.07) is 10.2. The molecule has 1 fully saturated rings. The average molecular weight is 406 g/mol. The number of carbonyl (C=O) groups excluding carboxylic acids is 1. The third-order valence-electron chi connectivity index (χ3n) is 4.46. The molecule has 2 aromatic rings. The summed E-state index contributed by atoms with van der Waals surface area (Å²) in [6.45, 7) is 3.31. The highest BCUT2D eigenvalue weighted by Crippen LogP contribution is 2.25. The van der Waals surface area contributed by atoms with Crippen molar-refractivity contribution < 1.29 is 22.3 Å². The molecule has 150 valence electrons. The summed E-state index contributed by atoms with van der Waals surface area (Å²) in [5.74, 6) is -0.225. The lowest BCUT2D eigenvalue weighted by atomic mass is 10.1. The van der Waals surface area contributed by atoms with Crippen molar-refractivity contribution in [3.8, 4) is 5.75 Å². The van der Waals surface area contributed by atoms with Crippen molar-refractivity contribution in [2.75, 3.05) is 6.61 Å². The minimum atomic E-state index is -3.53. The summed E-state index contributed by atoms with van der Waals surface area (Å²) in [5.41, 5.74) is 1.40. The van der Waals surface area contributed by atoms with Crippen molar-refractivity contribution in [2.45, 2.75) is 43.7 Å². The number of nitrogens with one attached hydrogen (secondary N) is 2. The number of sulfonamides is 1. The highest BCUT2D eigenvalue weighted by atomic mass is 32.2. The number of aryl methyl sites for hydroxylation is 1. The van der Waals surface area contributed by atoms with Crippen LogP contribution in [0.3, 0.4) is 0 Å². The highest BCUT2D eigenvalue weighted by molar-refractivity contribution is 7.89. The van der Waals surface area contributed by atoms with E-state index in [-0.39, 0.29) is 35.3 Å². The smallest absolute Gasteiger partial charge is 0.258 e. The van der Waals surface area contributed by atoms with Crippen LogP contribution in [-0.2, 0) is 14.8 Å². The summed E-state index contributed by atoms with van der Waals surface area (Å²) < 4.78 is 45.6. The highest BCUT2D eigenvalue weighted by Gasteiger charge is 2.28. The second-order valence-electron chi connectivity index (χ2n) is 6.95. The van der Waals surface area contributed by atoms with Gasteiger partial charge in [-0.15, -0.1) is 0 Å². The van der Waals surface area contributed by atoms with Crippen LogP contribution in [0.15, 0.2) is 47.4 Å². The Labute approximate surface area is 164 Å². The number of amides is 1. The molecule has 1 atom stereocenters. The van der Waals surface area contributed by atoms with Crippen LogP contribution in [-0.4, -0.2) is 27.0 Å². The maximum atomic E-state index is 13.0. The number of carbonyl (C=O) groups is 1. The molecule has 0 aliphatic heterocycles. The van der Waals surface area contributed by atoms with Gasteiger partial charge in [-0.2, -0.15) is 0 Å². The number of hydrogen-bond donors (Lipinski definition) is 2. The fraction of sp³-hybridized carbons (Fsp3) is 0.350. The van der Waals surface area contributed by atoms with E-state index in [0.717, 1.165) is 18.4 Å². The Balaban J connectivity index is 1.56. The van der Waals surface area contributed by atoms with Gasteiger partial charge in [-0.1, -0.05) is 12.1 Å². The van der Waals surface area contributed by atoms with E-state index in [1.807, 2.05) is 0 Å². The number of benzene rings is 2. The van der Waals surface area contributed by atoms with Crippen LogP contribution in [0, 0.1) is 12.7 Å². The zero-order valence-corrected chi connectivity index (χ0v) is 16.6. The second-order valence-corrected chi connectivity index (χ2v) is 8.67. The second kappa shape index (κ2) is 8.28. The number of ether oxygens (including phenoxy) is 1. The van der Waals surface area contributed by atoms with Crippen LogP contribution in [0.5, 0.6) is 5.75 Å². The monoisotopic (exact) mass is 406 g/mol. The topological polar surface area (TPSA) is 84.5 Å². The van der Waals surface area contributed by atoms with Crippen LogP contribution in [0.4, 0.5) is 4.39 Å². The third kappa shape index (κ3) is 5.30. The quantitative estimate of drug-likeness (QED) is 0.706. The molecule has 0 heterocycles. The normalized spacial score (nSPS) is 15.1. The fourth-order valence-electron chi connectivity index (χ4n) is 2.70. The van der Waals surface area contributed by atoms with Crippen molar-refractivity contribution in [3.05, 3.63) is 59.4 Å².